The second-order valence-electron chi connectivity index (χ2n) is 14.4. The van der Waals surface area contributed by atoms with E-state index in [-0.39, 0.29) is 20.1 Å². The van der Waals surface area contributed by atoms with E-state index < -0.39 is 5.41 Å². The predicted octanol–water partition coefficient (Wildman–Crippen LogP) is 12.9. The van der Waals surface area contributed by atoms with Gasteiger partial charge in [-0.15, -0.1) is 65.2 Å². The monoisotopic (exact) mass is 931 g/mol. The second-order valence-corrected chi connectivity index (χ2v) is 14.4. The molecule has 1 aliphatic rings. The van der Waals surface area contributed by atoms with Crippen LogP contribution in [0.4, 0.5) is 0 Å². The standard InChI is InChI=1S/C33H20N2.C21H12NO.Ir/c1-2-12-23(13-3-1)32-25-15-5-4-14-24(25)22-31(35-32)33(30-20-10-11-21-34-30)28-18-8-6-16-26(28)27-17-7-9-19-29(27)33;1-2-7-15-14(6-1)12-13-22-20(15)18-10-5-9-17-16-8-3-4-11-19(16)23-21(17)18;/h1-12,14-18,20-22H;1-9,11-13H;/q-2;-1;+3/t33-;;/m0../s1. The molecule has 0 saturated carbocycles. The first-order valence-electron chi connectivity index (χ1n) is 19.3. The molecule has 0 N–H and O–H groups in total. The predicted molar refractivity (Wildman–Crippen MR) is 233 cm³/mol. The molecule has 0 spiro atoms. The van der Waals surface area contributed by atoms with Crippen LogP contribution in [0.3, 0.4) is 0 Å². The Morgan fingerprint density at radius 3 is 2.05 bits per heavy atom. The third kappa shape index (κ3) is 5.89. The summed E-state index contributed by atoms with van der Waals surface area (Å²) in [6.07, 6.45) is 3.71. The van der Waals surface area contributed by atoms with Crippen LogP contribution in [-0.4, -0.2) is 15.0 Å². The molecule has 0 fully saturated rings. The topological polar surface area (TPSA) is 51.8 Å². The average Bonchev–Trinajstić information content (AvgIpc) is 3.84. The third-order valence-corrected chi connectivity index (χ3v) is 11.2. The van der Waals surface area contributed by atoms with Gasteiger partial charge in [0, 0.05) is 23.5 Å². The van der Waals surface area contributed by atoms with Gasteiger partial charge in [-0.25, -0.2) is 0 Å². The van der Waals surface area contributed by atoms with Crippen LogP contribution in [0, 0.1) is 18.2 Å². The summed E-state index contributed by atoms with van der Waals surface area (Å²) in [7, 11) is 0. The van der Waals surface area contributed by atoms with E-state index in [9.17, 15) is 0 Å². The zero-order valence-corrected chi connectivity index (χ0v) is 34.0. The summed E-state index contributed by atoms with van der Waals surface area (Å²) >= 11 is 0. The smallest absolute Gasteiger partial charge is 0.501 e. The number of rotatable bonds is 4. The second kappa shape index (κ2) is 15.0. The minimum atomic E-state index is -0.679. The minimum absolute atomic E-state index is 0. The van der Waals surface area contributed by atoms with Crippen molar-refractivity contribution in [3.05, 3.63) is 235 Å². The van der Waals surface area contributed by atoms with Crippen molar-refractivity contribution >= 4 is 43.5 Å². The maximum atomic E-state index is 6.12. The summed E-state index contributed by atoms with van der Waals surface area (Å²) in [5.74, 6) is 0. The molecule has 7 aromatic carbocycles. The van der Waals surface area contributed by atoms with E-state index in [1.807, 2.05) is 85.2 Å². The first kappa shape index (κ1) is 36.3. The Balaban J connectivity index is 0.000000152. The van der Waals surface area contributed by atoms with Crippen molar-refractivity contribution in [2.45, 2.75) is 5.41 Å². The molecule has 4 aromatic heterocycles. The van der Waals surface area contributed by atoms with Crippen LogP contribution in [0.2, 0.25) is 0 Å². The molecule has 0 aliphatic heterocycles. The van der Waals surface area contributed by atoms with E-state index in [4.69, 9.17) is 14.4 Å². The number of hydrogen-bond acceptors (Lipinski definition) is 4. The average molecular weight is 931 g/mol. The van der Waals surface area contributed by atoms with Crippen molar-refractivity contribution in [1.29, 1.82) is 0 Å². The van der Waals surface area contributed by atoms with Crippen LogP contribution >= 0.6 is 0 Å². The third-order valence-electron chi connectivity index (χ3n) is 11.2. The van der Waals surface area contributed by atoms with Gasteiger partial charge in [-0.3, -0.25) is 9.97 Å². The Hall–Kier alpha value is -7.04. The van der Waals surface area contributed by atoms with Crippen molar-refractivity contribution in [2.24, 2.45) is 0 Å². The molecule has 1 atom stereocenters. The van der Waals surface area contributed by atoms with Gasteiger partial charge >= 0.3 is 20.1 Å². The molecule has 0 amide bonds. The molecule has 0 bridgehead atoms. The number of aromatic nitrogens is 3. The summed E-state index contributed by atoms with van der Waals surface area (Å²) < 4.78 is 6.12. The van der Waals surface area contributed by atoms with Gasteiger partial charge < -0.3 is 9.40 Å². The van der Waals surface area contributed by atoms with Gasteiger partial charge in [0.15, 0.2) is 0 Å². The Morgan fingerprint density at radius 1 is 0.475 bits per heavy atom. The van der Waals surface area contributed by atoms with Crippen LogP contribution in [0.15, 0.2) is 199 Å². The number of hydrogen-bond donors (Lipinski definition) is 0. The van der Waals surface area contributed by atoms with Crippen LogP contribution in [0.25, 0.3) is 77.1 Å². The number of benzene rings is 7. The van der Waals surface area contributed by atoms with E-state index in [1.165, 1.54) is 22.1 Å². The van der Waals surface area contributed by atoms with Gasteiger partial charge in [-0.1, -0.05) is 114 Å². The largest absolute Gasteiger partial charge is 3.00 e. The zero-order chi connectivity index (χ0) is 38.5. The molecule has 278 valence electrons. The van der Waals surface area contributed by atoms with Crippen molar-refractivity contribution < 1.29 is 24.5 Å². The maximum absolute atomic E-state index is 6.12. The molecule has 5 heteroatoms. The van der Waals surface area contributed by atoms with E-state index in [0.29, 0.717) is 0 Å². The molecule has 1 aliphatic carbocycles. The van der Waals surface area contributed by atoms with Crippen LogP contribution < -0.4 is 0 Å². The fourth-order valence-electron chi connectivity index (χ4n) is 8.72. The van der Waals surface area contributed by atoms with Crippen molar-refractivity contribution in [1.82, 2.24) is 15.0 Å². The first-order valence-corrected chi connectivity index (χ1v) is 19.3. The van der Waals surface area contributed by atoms with E-state index >= 15 is 0 Å². The summed E-state index contributed by atoms with van der Waals surface area (Å²) in [5, 5.41) is 6.75. The zero-order valence-electron chi connectivity index (χ0n) is 31.6. The SMILES string of the molecule is [Ir+3].[c-]1ccc2c(oc3ccccc32)c1-c1nccc2ccccc12.[c-]1ccccc1-c1nc([C@]2(c3ccccn3)c3[c-]cccc3-c3ccccc32)cc2ccccc12. The molecule has 11 aromatic rings. The van der Waals surface area contributed by atoms with Gasteiger partial charge in [-0.2, -0.15) is 24.3 Å². The molecule has 0 radical (unpaired) electrons. The normalized spacial score (nSPS) is 14.0. The number of nitrogens with zero attached hydrogens (tertiary/aromatic N) is 3. The van der Waals surface area contributed by atoms with Crippen LogP contribution in [0.5, 0.6) is 0 Å². The van der Waals surface area contributed by atoms with E-state index in [1.54, 1.807) is 0 Å². The first-order chi connectivity index (χ1) is 28.8. The number of fused-ring (bicyclic) bond motifs is 8. The van der Waals surface area contributed by atoms with Crippen LogP contribution in [0.1, 0.15) is 22.5 Å². The summed E-state index contributed by atoms with van der Waals surface area (Å²) in [5.41, 5.74) is 11.3. The van der Waals surface area contributed by atoms with Gasteiger partial charge in [0.1, 0.15) is 5.58 Å². The van der Waals surface area contributed by atoms with Gasteiger partial charge in [0.05, 0.1) is 16.7 Å². The Kier molecular flexibility index (Phi) is 9.26. The number of para-hydroxylation sites is 1. The van der Waals surface area contributed by atoms with E-state index in [2.05, 4.69) is 132 Å². The Labute approximate surface area is 355 Å². The van der Waals surface area contributed by atoms with Gasteiger partial charge in [0.25, 0.3) is 0 Å². The number of furan rings is 1. The molecular weight excluding hydrogens is 899 g/mol. The number of pyridine rings is 3. The Morgan fingerprint density at radius 2 is 1.20 bits per heavy atom. The van der Waals surface area contributed by atoms with Crippen molar-refractivity contribution in [3.63, 3.8) is 0 Å². The molecule has 0 saturated heterocycles. The van der Waals surface area contributed by atoms with Crippen LogP contribution in [-0.2, 0) is 25.5 Å². The fraction of sp³-hybridized carbons (Fsp3) is 0.0185. The molecule has 4 nitrogen and oxygen atoms in total. The summed E-state index contributed by atoms with van der Waals surface area (Å²) in [6.45, 7) is 0. The van der Waals surface area contributed by atoms with Gasteiger partial charge in [0.2, 0.25) is 0 Å². The molecule has 4 heterocycles. The molecule has 0 unspecified atom stereocenters. The molecule has 12 rings (SSSR count). The molecular formula is C54H32IrN3O. The molecule has 59 heavy (non-hydrogen) atoms. The van der Waals surface area contributed by atoms with Crippen molar-refractivity contribution in [3.8, 4) is 33.6 Å². The Bertz CT molecular complexity index is 3250. The maximum Gasteiger partial charge on any atom is 3.00 e. The summed E-state index contributed by atoms with van der Waals surface area (Å²) in [4.78, 5) is 14.9. The fourth-order valence-corrected chi connectivity index (χ4v) is 8.72. The van der Waals surface area contributed by atoms with Gasteiger partial charge in [-0.05, 0) is 68.8 Å². The van der Waals surface area contributed by atoms with Crippen molar-refractivity contribution in [2.75, 3.05) is 0 Å². The summed E-state index contributed by atoms with van der Waals surface area (Å²) in [6, 6.07) is 72.4. The minimum Gasteiger partial charge on any atom is -0.501 e. The quantitative estimate of drug-likeness (QED) is 0.165. The van der Waals surface area contributed by atoms with E-state index in [0.717, 1.165) is 77.6 Å².